The summed E-state index contributed by atoms with van der Waals surface area (Å²) in [6.45, 7) is -0.649. The Kier molecular flexibility index (Phi) is 5.12. The quantitative estimate of drug-likeness (QED) is 0.685. The summed E-state index contributed by atoms with van der Waals surface area (Å²) in [7, 11) is -2.73. The number of aliphatic hydroxyl groups excluding tert-OH is 1. The summed E-state index contributed by atoms with van der Waals surface area (Å²) in [6.07, 6.45) is -1.83. The molecule has 0 bridgehead atoms. The Labute approximate surface area is 114 Å². The van der Waals surface area contributed by atoms with Crippen molar-refractivity contribution >= 4 is 27.6 Å². The number of ether oxygens (including phenoxy) is 1. The predicted molar refractivity (Wildman–Crippen MR) is 66.8 cm³/mol. The van der Waals surface area contributed by atoms with Crippen LogP contribution in [0.25, 0.3) is 0 Å². The van der Waals surface area contributed by atoms with E-state index < -0.39 is 28.6 Å². The first kappa shape index (κ1) is 15.7. The summed E-state index contributed by atoms with van der Waals surface area (Å²) in [5.74, 6) is -1.50. The first-order valence-electron chi connectivity index (χ1n) is 5.02. The highest BCUT2D eigenvalue weighted by Gasteiger charge is 2.22. The minimum Gasteiger partial charge on any atom is -0.495 e. The van der Waals surface area contributed by atoms with Gasteiger partial charge in [-0.25, -0.2) is 17.9 Å². The molecule has 9 heteroatoms. The lowest BCUT2D eigenvalue weighted by Gasteiger charge is -2.12. The molecule has 0 amide bonds. The smallest absolute Gasteiger partial charge is 0.333 e. The molecule has 1 atom stereocenters. The lowest BCUT2D eigenvalue weighted by Crippen LogP contribution is -2.36. The van der Waals surface area contributed by atoms with E-state index in [4.69, 9.17) is 26.6 Å². The topological polar surface area (TPSA) is 113 Å². The number of nitrogens with one attached hydrogen (secondary N) is 1. The van der Waals surface area contributed by atoms with Crippen molar-refractivity contribution in [2.24, 2.45) is 0 Å². The van der Waals surface area contributed by atoms with E-state index in [0.717, 1.165) is 0 Å². The molecule has 0 aliphatic carbocycles. The fourth-order valence-electron chi connectivity index (χ4n) is 1.22. The Morgan fingerprint density at radius 3 is 2.68 bits per heavy atom. The van der Waals surface area contributed by atoms with Crippen molar-refractivity contribution in [3.63, 3.8) is 0 Å². The van der Waals surface area contributed by atoms with Gasteiger partial charge in [-0.3, -0.25) is 0 Å². The molecule has 19 heavy (non-hydrogen) atoms. The third-order valence-electron chi connectivity index (χ3n) is 2.17. The molecule has 0 aromatic heterocycles. The number of aliphatic carboxylic acids is 1. The number of sulfonamides is 1. The van der Waals surface area contributed by atoms with E-state index in [9.17, 15) is 13.2 Å². The van der Waals surface area contributed by atoms with Crippen LogP contribution < -0.4 is 9.46 Å². The molecule has 0 fully saturated rings. The van der Waals surface area contributed by atoms with Gasteiger partial charge in [0.1, 0.15) is 10.6 Å². The van der Waals surface area contributed by atoms with E-state index >= 15 is 0 Å². The van der Waals surface area contributed by atoms with Crippen LogP contribution in [-0.2, 0) is 14.8 Å². The Bertz CT molecular complexity index is 573. The molecular weight excluding hydrogens is 298 g/mol. The van der Waals surface area contributed by atoms with Crippen LogP contribution in [0, 0.1) is 0 Å². The van der Waals surface area contributed by atoms with Gasteiger partial charge in [0.2, 0.25) is 10.0 Å². The number of benzene rings is 1. The number of hydrogen-bond acceptors (Lipinski definition) is 5. The van der Waals surface area contributed by atoms with Crippen LogP contribution in [0.1, 0.15) is 0 Å². The van der Waals surface area contributed by atoms with Crippen molar-refractivity contribution < 1.29 is 28.2 Å². The second kappa shape index (κ2) is 6.20. The summed E-state index contributed by atoms with van der Waals surface area (Å²) in [6, 6.07) is 3.88. The number of hydrogen-bond donors (Lipinski definition) is 3. The van der Waals surface area contributed by atoms with Crippen molar-refractivity contribution in [1.82, 2.24) is 4.72 Å². The second-order valence-corrected chi connectivity index (χ2v) is 5.67. The Hall–Kier alpha value is -1.35. The van der Waals surface area contributed by atoms with Crippen LogP contribution in [0.5, 0.6) is 5.75 Å². The van der Waals surface area contributed by atoms with Crippen LogP contribution in [0.3, 0.4) is 0 Å². The van der Waals surface area contributed by atoms with Gasteiger partial charge in [0, 0.05) is 17.6 Å². The zero-order chi connectivity index (χ0) is 14.6. The number of halogens is 1. The van der Waals surface area contributed by atoms with Gasteiger partial charge >= 0.3 is 5.97 Å². The van der Waals surface area contributed by atoms with E-state index in [1.165, 1.54) is 25.3 Å². The maximum atomic E-state index is 11.9. The summed E-state index contributed by atoms with van der Waals surface area (Å²) in [5, 5.41) is 17.8. The van der Waals surface area contributed by atoms with E-state index in [0.29, 0.717) is 5.02 Å². The highest BCUT2D eigenvalue weighted by atomic mass is 35.5. The molecule has 106 valence electrons. The zero-order valence-corrected chi connectivity index (χ0v) is 11.4. The average Bonchev–Trinajstić information content (AvgIpc) is 2.35. The fourth-order valence-corrected chi connectivity index (χ4v) is 2.57. The molecule has 1 aromatic carbocycles. The summed E-state index contributed by atoms with van der Waals surface area (Å²) in [5.41, 5.74) is 0. The minimum atomic E-state index is -4.01. The first-order chi connectivity index (χ1) is 8.77. The van der Waals surface area contributed by atoms with Crippen molar-refractivity contribution in [3.8, 4) is 5.75 Å². The SMILES string of the molecule is COc1cc(Cl)ccc1S(=O)(=O)NCC(O)C(=O)O. The lowest BCUT2D eigenvalue weighted by atomic mass is 10.3. The minimum absolute atomic E-state index is 0.0183. The normalized spacial score (nSPS) is 13.0. The number of carboxylic acid groups (broad SMARTS) is 1. The summed E-state index contributed by atoms with van der Waals surface area (Å²) < 4.78 is 30.7. The third-order valence-corrected chi connectivity index (χ3v) is 3.87. The van der Waals surface area contributed by atoms with Gasteiger partial charge in [0.25, 0.3) is 0 Å². The molecule has 0 saturated heterocycles. The maximum absolute atomic E-state index is 11.9. The number of rotatable bonds is 6. The Morgan fingerprint density at radius 1 is 1.53 bits per heavy atom. The van der Waals surface area contributed by atoms with Crippen molar-refractivity contribution in [3.05, 3.63) is 23.2 Å². The van der Waals surface area contributed by atoms with Gasteiger partial charge in [-0.15, -0.1) is 0 Å². The number of carboxylic acids is 1. The number of carbonyl (C=O) groups is 1. The van der Waals surface area contributed by atoms with Crippen molar-refractivity contribution in [2.75, 3.05) is 13.7 Å². The molecule has 1 rings (SSSR count). The molecule has 7 nitrogen and oxygen atoms in total. The van der Waals surface area contributed by atoms with E-state index in [1.54, 1.807) is 0 Å². The predicted octanol–water partition coefficient (Wildman–Crippen LogP) is 0.0724. The van der Waals surface area contributed by atoms with Gasteiger partial charge in [0.05, 0.1) is 7.11 Å². The molecule has 0 aliphatic heterocycles. The largest absolute Gasteiger partial charge is 0.495 e. The Morgan fingerprint density at radius 2 is 2.16 bits per heavy atom. The van der Waals surface area contributed by atoms with Gasteiger partial charge in [-0.2, -0.15) is 0 Å². The van der Waals surface area contributed by atoms with Crippen LogP contribution in [0.2, 0.25) is 5.02 Å². The molecule has 3 N–H and O–H groups in total. The van der Waals surface area contributed by atoms with Crippen molar-refractivity contribution in [1.29, 1.82) is 0 Å². The Balaban J connectivity index is 2.98. The van der Waals surface area contributed by atoms with E-state index in [1.807, 2.05) is 4.72 Å². The average molecular weight is 310 g/mol. The molecule has 1 aromatic rings. The monoisotopic (exact) mass is 309 g/mol. The highest BCUT2D eigenvalue weighted by Crippen LogP contribution is 2.26. The number of aliphatic hydroxyl groups is 1. The van der Waals surface area contributed by atoms with Gasteiger partial charge in [0.15, 0.2) is 6.10 Å². The molecular formula is C10H12ClNO6S. The summed E-state index contributed by atoms with van der Waals surface area (Å²) in [4.78, 5) is 10.2. The van der Waals surface area contributed by atoms with Crippen LogP contribution >= 0.6 is 11.6 Å². The first-order valence-corrected chi connectivity index (χ1v) is 6.88. The van der Waals surface area contributed by atoms with Gasteiger partial charge in [-0.1, -0.05) is 11.6 Å². The molecule has 0 aliphatic rings. The third kappa shape index (κ3) is 4.06. The molecule has 0 spiro atoms. The summed E-state index contributed by atoms with van der Waals surface area (Å²) >= 11 is 5.70. The van der Waals surface area contributed by atoms with Crippen LogP contribution in [0.15, 0.2) is 23.1 Å². The fraction of sp³-hybridized carbons (Fsp3) is 0.300. The molecule has 1 unspecified atom stereocenters. The van der Waals surface area contributed by atoms with Crippen LogP contribution in [-0.4, -0.2) is 44.4 Å². The van der Waals surface area contributed by atoms with Gasteiger partial charge in [-0.05, 0) is 12.1 Å². The second-order valence-electron chi connectivity index (χ2n) is 3.50. The molecule has 0 radical (unpaired) electrons. The van der Waals surface area contributed by atoms with E-state index in [-0.39, 0.29) is 10.6 Å². The molecule has 0 heterocycles. The van der Waals surface area contributed by atoms with Gasteiger partial charge < -0.3 is 14.9 Å². The zero-order valence-electron chi connectivity index (χ0n) is 9.83. The van der Waals surface area contributed by atoms with Crippen LogP contribution in [0.4, 0.5) is 0 Å². The maximum Gasteiger partial charge on any atom is 0.333 e. The van der Waals surface area contributed by atoms with Crippen molar-refractivity contribution in [2.45, 2.75) is 11.0 Å². The number of methoxy groups -OCH3 is 1. The van der Waals surface area contributed by atoms with E-state index in [2.05, 4.69) is 0 Å². The molecule has 0 saturated carbocycles. The standard InChI is InChI=1S/C10H12ClNO6S/c1-18-8-4-6(11)2-3-9(8)19(16,17)12-5-7(13)10(14)15/h2-4,7,12-13H,5H2,1H3,(H,14,15). The highest BCUT2D eigenvalue weighted by molar-refractivity contribution is 7.89. The lowest BCUT2D eigenvalue weighted by molar-refractivity contribution is -0.146.